The number of carbonyl (C=O) groups excluding carboxylic acids is 3. The molecule has 4 saturated carbocycles. The standard InChI is InChI=1S/C35H56N2O10/c1-19-13-21(5-11-29(19)36-31(38)28-17-24(35(44)46-4)8-10-27(28)33(41)42)15-22-6-12-30(20(2)14-22)37-47-18-25-16-23(34(43)45-3)7-9-26(25)32(39)40/h19-30,37H,5-18H2,1-4H3,(H,36,38)(H,39,40)(H,41,42). The summed E-state index contributed by atoms with van der Waals surface area (Å²) < 4.78 is 9.77. The maximum Gasteiger partial charge on any atom is 0.308 e. The Balaban J connectivity index is 1.19. The van der Waals surface area contributed by atoms with Crippen LogP contribution in [0.15, 0.2) is 0 Å². The van der Waals surface area contributed by atoms with E-state index < -0.39 is 35.6 Å². The Bertz CT molecular complexity index is 1120. The van der Waals surface area contributed by atoms with Gasteiger partial charge >= 0.3 is 23.9 Å². The van der Waals surface area contributed by atoms with Crippen molar-refractivity contribution in [1.29, 1.82) is 0 Å². The van der Waals surface area contributed by atoms with Gasteiger partial charge in [-0.2, -0.15) is 5.48 Å². The Morgan fingerprint density at radius 3 is 1.70 bits per heavy atom. The topological polar surface area (TPSA) is 178 Å². The number of aliphatic carboxylic acids is 2. The number of carbonyl (C=O) groups is 5. The van der Waals surface area contributed by atoms with Gasteiger partial charge in [-0.25, -0.2) is 0 Å². The van der Waals surface area contributed by atoms with Gasteiger partial charge in [0.15, 0.2) is 0 Å². The number of hydrogen-bond donors (Lipinski definition) is 4. The number of ether oxygens (including phenoxy) is 2. The van der Waals surface area contributed by atoms with Gasteiger partial charge in [0, 0.05) is 12.1 Å². The lowest BCUT2D eigenvalue weighted by atomic mass is 9.70. The van der Waals surface area contributed by atoms with Crippen molar-refractivity contribution in [2.45, 2.75) is 109 Å². The molecule has 12 nitrogen and oxygen atoms in total. The lowest BCUT2D eigenvalue weighted by molar-refractivity contribution is -0.155. The average molecular weight is 665 g/mol. The van der Waals surface area contributed by atoms with Crippen molar-refractivity contribution in [2.75, 3.05) is 20.8 Å². The summed E-state index contributed by atoms with van der Waals surface area (Å²) in [4.78, 5) is 67.1. The second kappa shape index (κ2) is 17.1. The summed E-state index contributed by atoms with van der Waals surface area (Å²) in [7, 11) is 2.69. The van der Waals surface area contributed by atoms with Gasteiger partial charge in [0.25, 0.3) is 0 Å². The highest BCUT2D eigenvalue weighted by Gasteiger charge is 2.43. The van der Waals surface area contributed by atoms with Gasteiger partial charge in [-0.15, -0.1) is 0 Å². The first kappa shape index (κ1) is 37.1. The first-order valence-electron chi connectivity index (χ1n) is 17.7. The molecule has 4 aliphatic rings. The van der Waals surface area contributed by atoms with Crippen LogP contribution in [0.3, 0.4) is 0 Å². The fourth-order valence-electron chi connectivity index (χ4n) is 9.15. The summed E-state index contributed by atoms with van der Waals surface area (Å²) in [6.07, 6.45) is 9.52. The monoisotopic (exact) mass is 664 g/mol. The Morgan fingerprint density at radius 2 is 1.17 bits per heavy atom. The van der Waals surface area contributed by atoms with Crippen LogP contribution in [0.4, 0.5) is 0 Å². The number of esters is 2. The van der Waals surface area contributed by atoms with E-state index in [1.807, 2.05) is 0 Å². The second-order valence-corrected chi connectivity index (χ2v) is 15.0. The summed E-state index contributed by atoms with van der Waals surface area (Å²) in [5.41, 5.74) is 3.23. The molecule has 12 heteroatoms. The number of nitrogens with one attached hydrogen (secondary N) is 2. The van der Waals surface area contributed by atoms with Gasteiger partial charge < -0.3 is 29.8 Å². The first-order chi connectivity index (χ1) is 22.4. The molecule has 0 aromatic heterocycles. The maximum atomic E-state index is 13.3. The third-order valence-electron chi connectivity index (χ3n) is 12.0. The zero-order valence-corrected chi connectivity index (χ0v) is 28.5. The molecule has 0 aromatic carbocycles. The third kappa shape index (κ3) is 9.68. The van der Waals surface area contributed by atoms with Crippen molar-refractivity contribution in [3.05, 3.63) is 0 Å². The highest BCUT2D eigenvalue weighted by molar-refractivity contribution is 5.86. The molecule has 4 aliphatic carbocycles. The summed E-state index contributed by atoms with van der Waals surface area (Å²) in [6, 6.07) is 0.183. The molecule has 0 heterocycles. The summed E-state index contributed by atoms with van der Waals surface area (Å²) in [6.45, 7) is 4.65. The molecule has 0 aromatic rings. The van der Waals surface area contributed by atoms with E-state index >= 15 is 0 Å². The minimum atomic E-state index is -0.985. The summed E-state index contributed by atoms with van der Waals surface area (Å²) in [5.74, 6) is -3.90. The molecule has 12 atom stereocenters. The quantitative estimate of drug-likeness (QED) is 0.174. The Labute approximate surface area is 278 Å². The number of carboxylic acids is 2. The molecule has 0 aliphatic heterocycles. The molecule has 4 fully saturated rings. The zero-order chi connectivity index (χ0) is 34.2. The third-order valence-corrected chi connectivity index (χ3v) is 12.0. The lowest BCUT2D eigenvalue weighted by Crippen LogP contribution is -2.49. The molecule has 0 radical (unpaired) electrons. The van der Waals surface area contributed by atoms with Crippen LogP contribution in [0.5, 0.6) is 0 Å². The van der Waals surface area contributed by atoms with E-state index in [0.29, 0.717) is 49.9 Å². The highest BCUT2D eigenvalue weighted by Crippen LogP contribution is 2.41. The molecule has 47 heavy (non-hydrogen) atoms. The minimum Gasteiger partial charge on any atom is -0.481 e. The SMILES string of the molecule is COC(=O)C1CCC(C(=O)O)C(CONC2CCC(CC3CCC(NC(=O)C4CC(C(=O)OC)CCC4C(=O)O)C(C)C3)CC2C)C1. The van der Waals surface area contributed by atoms with Crippen molar-refractivity contribution in [3.63, 3.8) is 0 Å². The lowest BCUT2D eigenvalue weighted by Gasteiger charge is -2.40. The fourth-order valence-corrected chi connectivity index (χ4v) is 9.15. The molecule has 4 N–H and O–H groups in total. The van der Waals surface area contributed by atoms with Gasteiger partial charge in [0.05, 0.1) is 50.4 Å². The number of rotatable bonds is 12. The number of hydrogen-bond acceptors (Lipinski definition) is 9. The van der Waals surface area contributed by atoms with Crippen LogP contribution in [0.2, 0.25) is 0 Å². The largest absolute Gasteiger partial charge is 0.481 e. The van der Waals surface area contributed by atoms with E-state index in [9.17, 15) is 34.2 Å². The van der Waals surface area contributed by atoms with Crippen molar-refractivity contribution >= 4 is 29.8 Å². The molecule has 0 bridgehead atoms. The van der Waals surface area contributed by atoms with E-state index in [4.69, 9.17) is 14.3 Å². The summed E-state index contributed by atoms with van der Waals surface area (Å²) >= 11 is 0. The van der Waals surface area contributed by atoms with Gasteiger partial charge in [-0.3, -0.25) is 24.0 Å². The number of carboxylic acid groups (broad SMARTS) is 2. The van der Waals surface area contributed by atoms with Crippen molar-refractivity contribution < 1.29 is 48.5 Å². The summed E-state index contributed by atoms with van der Waals surface area (Å²) in [5, 5.41) is 22.6. The zero-order valence-electron chi connectivity index (χ0n) is 28.5. The van der Waals surface area contributed by atoms with Crippen molar-refractivity contribution in [3.8, 4) is 0 Å². The molecule has 0 spiro atoms. The van der Waals surface area contributed by atoms with E-state index in [1.54, 1.807) is 0 Å². The molecular formula is C35H56N2O10. The molecule has 4 rings (SSSR count). The number of hydroxylamine groups is 1. The van der Waals surface area contributed by atoms with E-state index in [0.717, 1.165) is 44.9 Å². The van der Waals surface area contributed by atoms with Crippen LogP contribution in [0.1, 0.15) is 97.3 Å². The smallest absolute Gasteiger partial charge is 0.308 e. The van der Waals surface area contributed by atoms with Crippen LogP contribution < -0.4 is 10.8 Å². The van der Waals surface area contributed by atoms with Crippen LogP contribution in [0, 0.1) is 59.2 Å². The predicted octanol–water partition coefficient (Wildman–Crippen LogP) is 4.20. The normalized spacial score (nSPS) is 37.7. The average Bonchev–Trinajstić information content (AvgIpc) is 3.05. The van der Waals surface area contributed by atoms with Crippen LogP contribution in [-0.4, -0.2) is 72.9 Å². The van der Waals surface area contributed by atoms with Crippen LogP contribution >= 0.6 is 0 Å². The molecule has 12 unspecified atom stereocenters. The fraction of sp³-hybridized carbons (Fsp3) is 0.857. The second-order valence-electron chi connectivity index (χ2n) is 15.0. The predicted molar refractivity (Wildman–Crippen MR) is 170 cm³/mol. The van der Waals surface area contributed by atoms with Crippen LogP contribution in [0.25, 0.3) is 0 Å². The first-order valence-corrected chi connectivity index (χ1v) is 17.7. The van der Waals surface area contributed by atoms with Crippen molar-refractivity contribution in [2.24, 2.45) is 59.2 Å². The number of methoxy groups -OCH3 is 2. The van der Waals surface area contributed by atoms with Crippen LogP contribution in [-0.2, 0) is 38.3 Å². The van der Waals surface area contributed by atoms with Gasteiger partial charge in [-0.1, -0.05) is 13.8 Å². The Kier molecular flexibility index (Phi) is 13.5. The molecular weight excluding hydrogens is 608 g/mol. The minimum absolute atomic E-state index is 0.00417. The van der Waals surface area contributed by atoms with Crippen molar-refractivity contribution in [1.82, 2.24) is 10.8 Å². The molecule has 0 saturated heterocycles. The van der Waals surface area contributed by atoms with Gasteiger partial charge in [0.1, 0.15) is 0 Å². The Hall–Kier alpha value is -2.73. The Morgan fingerprint density at radius 1 is 0.638 bits per heavy atom. The maximum absolute atomic E-state index is 13.3. The van der Waals surface area contributed by atoms with E-state index in [-0.39, 0.29) is 60.7 Å². The molecule has 1 amide bonds. The van der Waals surface area contributed by atoms with E-state index in [1.165, 1.54) is 14.2 Å². The van der Waals surface area contributed by atoms with Gasteiger partial charge in [0.2, 0.25) is 5.91 Å². The molecule has 266 valence electrons. The van der Waals surface area contributed by atoms with E-state index in [2.05, 4.69) is 24.6 Å². The number of amides is 1. The highest BCUT2D eigenvalue weighted by atomic mass is 16.6. The van der Waals surface area contributed by atoms with Gasteiger partial charge in [-0.05, 0) is 113 Å².